The number of rotatable bonds is 9. The Morgan fingerprint density at radius 2 is 1.76 bits per heavy atom. The van der Waals surface area contributed by atoms with Crippen molar-refractivity contribution in [3.63, 3.8) is 0 Å². The Morgan fingerprint density at radius 3 is 2.45 bits per heavy atom. The number of methoxy groups -OCH3 is 1. The van der Waals surface area contributed by atoms with Crippen molar-refractivity contribution < 1.29 is 14.3 Å². The van der Waals surface area contributed by atoms with Crippen LogP contribution in [0, 0.1) is 6.92 Å². The van der Waals surface area contributed by atoms with Gasteiger partial charge in [0.15, 0.2) is 0 Å². The summed E-state index contributed by atoms with van der Waals surface area (Å²) in [5, 5.41) is 6.10. The molecule has 2 N–H and O–H groups in total. The van der Waals surface area contributed by atoms with Crippen LogP contribution in [0.5, 0.6) is 11.5 Å². The number of anilines is 1. The van der Waals surface area contributed by atoms with E-state index in [9.17, 15) is 4.79 Å². The summed E-state index contributed by atoms with van der Waals surface area (Å²) in [6, 6.07) is 19.0. The van der Waals surface area contributed by atoms with Crippen molar-refractivity contribution in [3.05, 3.63) is 83.6 Å². The Hall–Kier alpha value is -3.54. The Bertz CT molecular complexity index is 925. The van der Waals surface area contributed by atoms with Crippen LogP contribution in [0.15, 0.2) is 66.9 Å². The minimum Gasteiger partial charge on any atom is -0.497 e. The van der Waals surface area contributed by atoms with Crippen molar-refractivity contribution in [1.29, 1.82) is 0 Å². The van der Waals surface area contributed by atoms with E-state index in [-0.39, 0.29) is 5.91 Å². The molecule has 0 aliphatic carbocycles. The van der Waals surface area contributed by atoms with E-state index in [0.717, 1.165) is 22.6 Å². The van der Waals surface area contributed by atoms with Crippen molar-refractivity contribution in [3.8, 4) is 11.5 Å². The first-order chi connectivity index (χ1) is 14.2. The first-order valence-corrected chi connectivity index (χ1v) is 9.45. The first-order valence-electron chi connectivity index (χ1n) is 9.45. The molecular formula is C23H25N3O3. The third-order valence-electron chi connectivity index (χ3n) is 4.46. The molecule has 0 unspecified atom stereocenters. The number of carbonyl (C=O) groups is 1. The number of carbonyl (C=O) groups excluding carboxylic acids is 1. The molecule has 0 aliphatic heterocycles. The lowest BCUT2D eigenvalue weighted by molar-refractivity contribution is 0.0950. The number of pyridine rings is 1. The summed E-state index contributed by atoms with van der Waals surface area (Å²) in [6.07, 6.45) is 1.57. The lowest BCUT2D eigenvalue weighted by atomic mass is 10.1. The Labute approximate surface area is 170 Å². The van der Waals surface area contributed by atoms with Crippen molar-refractivity contribution in [1.82, 2.24) is 10.3 Å². The minimum absolute atomic E-state index is 0.143. The Morgan fingerprint density at radius 1 is 1.00 bits per heavy atom. The summed E-state index contributed by atoms with van der Waals surface area (Å²) in [7, 11) is 1.63. The molecule has 1 aromatic heterocycles. The summed E-state index contributed by atoms with van der Waals surface area (Å²) in [5.74, 6) is 2.12. The van der Waals surface area contributed by atoms with Crippen LogP contribution in [0.2, 0.25) is 0 Å². The molecule has 0 spiro atoms. The SMILES string of the molecule is COc1ccc(OCCNc2ccc(C(=O)NCc3ccccc3C)cn2)cc1. The number of hydrogen-bond donors (Lipinski definition) is 2. The first kappa shape index (κ1) is 20.2. The van der Waals surface area contributed by atoms with E-state index in [1.54, 1.807) is 25.4 Å². The molecule has 3 rings (SSSR count). The zero-order chi connectivity index (χ0) is 20.5. The standard InChI is InChI=1S/C23H25N3O3/c1-17-5-3-4-6-18(17)15-26-23(27)19-7-12-22(25-16-19)24-13-14-29-21-10-8-20(28-2)9-11-21/h3-12,16H,13-15H2,1-2H3,(H,24,25)(H,26,27). The average Bonchev–Trinajstić information content (AvgIpc) is 2.77. The molecule has 150 valence electrons. The topological polar surface area (TPSA) is 72.5 Å². The second kappa shape index (κ2) is 10.1. The van der Waals surface area contributed by atoms with E-state index in [0.29, 0.717) is 31.1 Å². The van der Waals surface area contributed by atoms with Gasteiger partial charge in [0.1, 0.15) is 23.9 Å². The quantitative estimate of drug-likeness (QED) is 0.543. The molecule has 0 saturated carbocycles. The van der Waals surface area contributed by atoms with Gasteiger partial charge in [0.25, 0.3) is 5.91 Å². The van der Waals surface area contributed by atoms with Crippen molar-refractivity contribution in [2.24, 2.45) is 0 Å². The maximum Gasteiger partial charge on any atom is 0.253 e. The monoisotopic (exact) mass is 391 g/mol. The van der Waals surface area contributed by atoms with Crippen molar-refractivity contribution in [2.75, 3.05) is 25.6 Å². The third-order valence-corrected chi connectivity index (χ3v) is 4.46. The zero-order valence-electron chi connectivity index (χ0n) is 16.6. The van der Waals surface area contributed by atoms with Crippen LogP contribution in [0.1, 0.15) is 21.5 Å². The highest BCUT2D eigenvalue weighted by atomic mass is 16.5. The number of aromatic nitrogens is 1. The predicted molar refractivity (Wildman–Crippen MR) is 114 cm³/mol. The normalized spacial score (nSPS) is 10.3. The van der Waals surface area contributed by atoms with Crippen LogP contribution in [-0.4, -0.2) is 31.2 Å². The number of benzene rings is 2. The lowest BCUT2D eigenvalue weighted by Gasteiger charge is -2.10. The molecule has 0 fully saturated rings. The largest absolute Gasteiger partial charge is 0.497 e. The van der Waals surface area contributed by atoms with E-state index in [4.69, 9.17) is 9.47 Å². The fourth-order valence-electron chi connectivity index (χ4n) is 2.74. The number of amides is 1. The van der Waals surface area contributed by atoms with Crippen LogP contribution in [0.25, 0.3) is 0 Å². The summed E-state index contributed by atoms with van der Waals surface area (Å²) in [5.41, 5.74) is 2.78. The summed E-state index contributed by atoms with van der Waals surface area (Å²) < 4.78 is 10.8. The fourth-order valence-corrected chi connectivity index (χ4v) is 2.74. The number of nitrogens with one attached hydrogen (secondary N) is 2. The van der Waals surface area contributed by atoms with Gasteiger partial charge < -0.3 is 20.1 Å². The van der Waals surface area contributed by atoms with Gasteiger partial charge in [-0.3, -0.25) is 4.79 Å². The van der Waals surface area contributed by atoms with Gasteiger partial charge in [-0.15, -0.1) is 0 Å². The molecule has 0 bridgehead atoms. The summed E-state index contributed by atoms with van der Waals surface area (Å²) in [4.78, 5) is 16.6. The van der Waals surface area contributed by atoms with E-state index in [1.165, 1.54) is 0 Å². The molecule has 0 atom stereocenters. The number of ether oxygens (including phenoxy) is 2. The molecule has 0 aliphatic rings. The smallest absolute Gasteiger partial charge is 0.253 e. The second-order valence-corrected chi connectivity index (χ2v) is 6.49. The Kier molecular flexibility index (Phi) is 7.05. The molecule has 6 nitrogen and oxygen atoms in total. The highest BCUT2D eigenvalue weighted by Gasteiger charge is 2.07. The molecule has 0 saturated heterocycles. The zero-order valence-corrected chi connectivity index (χ0v) is 16.6. The fraction of sp³-hybridized carbons (Fsp3) is 0.217. The molecule has 1 heterocycles. The molecule has 29 heavy (non-hydrogen) atoms. The second-order valence-electron chi connectivity index (χ2n) is 6.49. The van der Waals surface area contributed by atoms with Crippen LogP contribution < -0.4 is 20.1 Å². The summed E-state index contributed by atoms with van der Waals surface area (Å²) in [6.45, 7) is 3.61. The van der Waals surface area contributed by atoms with Gasteiger partial charge in [-0.05, 0) is 54.4 Å². The summed E-state index contributed by atoms with van der Waals surface area (Å²) >= 11 is 0. The van der Waals surface area contributed by atoms with Gasteiger partial charge in [0.05, 0.1) is 19.2 Å². The lowest BCUT2D eigenvalue weighted by Crippen LogP contribution is -2.23. The average molecular weight is 391 g/mol. The van der Waals surface area contributed by atoms with Gasteiger partial charge >= 0.3 is 0 Å². The third kappa shape index (κ3) is 5.97. The molecular weight excluding hydrogens is 366 g/mol. The maximum absolute atomic E-state index is 12.3. The van der Waals surface area contributed by atoms with Gasteiger partial charge in [0.2, 0.25) is 0 Å². The van der Waals surface area contributed by atoms with E-state index >= 15 is 0 Å². The molecule has 6 heteroatoms. The van der Waals surface area contributed by atoms with Gasteiger partial charge in [-0.25, -0.2) is 4.98 Å². The van der Waals surface area contributed by atoms with Crippen LogP contribution in [-0.2, 0) is 6.54 Å². The van der Waals surface area contributed by atoms with Crippen molar-refractivity contribution >= 4 is 11.7 Å². The maximum atomic E-state index is 12.3. The number of nitrogens with zero attached hydrogens (tertiary/aromatic N) is 1. The van der Waals surface area contributed by atoms with Crippen molar-refractivity contribution in [2.45, 2.75) is 13.5 Å². The van der Waals surface area contributed by atoms with Crippen LogP contribution in [0.3, 0.4) is 0 Å². The van der Waals surface area contributed by atoms with Gasteiger partial charge in [-0.2, -0.15) is 0 Å². The van der Waals surface area contributed by atoms with E-state index < -0.39 is 0 Å². The van der Waals surface area contributed by atoms with Crippen LogP contribution in [0.4, 0.5) is 5.82 Å². The van der Waals surface area contributed by atoms with E-state index in [2.05, 4.69) is 15.6 Å². The molecule has 0 radical (unpaired) electrons. The molecule has 3 aromatic rings. The highest BCUT2D eigenvalue weighted by molar-refractivity contribution is 5.94. The Balaban J connectivity index is 1.42. The van der Waals surface area contributed by atoms with Crippen LogP contribution >= 0.6 is 0 Å². The minimum atomic E-state index is -0.143. The van der Waals surface area contributed by atoms with E-state index in [1.807, 2.05) is 55.5 Å². The van der Waals surface area contributed by atoms with Gasteiger partial charge in [0, 0.05) is 12.7 Å². The number of hydrogen-bond acceptors (Lipinski definition) is 5. The number of aryl methyl sites for hydroxylation is 1. The molecule has 2 aromatic carbocycles. The predicted octanol–water partition coefficient (Wildman–Crippen LogP) is 3.82. The van der Waals surface area contributed by atoms with Gasteiger partial charge in [-0.1, -0.05) is 24.3 Å². The molecule has 1 amide bonds. The highest BCUT2D eigenvalue weighted by Crippen LogP contribution is 2.16.